The third-order valence-corrected chi connectivity index (χ3v) is 9.08. The number of aliphatic imine (C=N–C) groups is 1. The standard InChI is InChI=1S/C45H40N2O2/c1-29(2)30-15-17-31(18-16-30)32-19-21-33(22-20-32)35-26-39(34-11-7-6-8-12-34)43-42(27-35)49-44(47-43)38-13-9-10-14-40(38)46-28-36-25-37(45(3,4)5)23-24-41(36)48/h6-29,48H,1-5H3. The summed E-state index contributed by atoms with van der Waals surface area (Å²) in [5.74, 6) is 1.19. The molecule has 0 aliphatic heterocycles. The normalized spacial score (nSPS) is 12.0. The first-order chi connectivity index (χ1) is 23.6. The van der Waals surface area contributed by atoms with Gasteiger partial charge in [-0.1, -0.05) is 132 Å². The number of phenols is 1. The molecule has 1 N–H and O–H groups in total. The van der Waals surface area contributed by atoms with E-state index in [1.54, 1.807) is 12.3 Å². The second-order valence-electron chi connectivity index (χ2n) is 13.9. The quantitative estimate of drug-likeness (QED) is 0.176. The van der Waals surface area contributed by atoms with Gasteiger partial charge < -0.3 is 9.52 Å². The van der Waals surface area contributed by atoms with Crippen molar-refractivity contribution in [2.24, 2.45) is 4.99 Å². The number of phenolic OH excluding ortho intramolecular Hbond substituents is 1. The van der Waals surface area contributed by atoms with Gasteiger partial charge in [0.2, 0.25) is 5.89 Å². The summed E-state index contributed by atoms with van der Waals surface area (Å²) >= 11 is 0. The van der Waals surface area contributed by atoms with E-state index in [1.165, 1.54) is 16.7 Å². The highest BCUT2D eigenvalue weighted by Gasteiger charge is 2.18. The molecular formula is C45H40N2O2. The number of aromatic hydroxyl groups is 1. The van der Waals surface area contributed by atoms with Crippen LogP contribution in [-0.2, 0) is 5.41 Å². The van der Waals surface area contributed by atoms with Crippen molar-refractivity contribution >= 4 is 23.0 Å². The first-order valence-electron chi connectivity index (χ1n) is 16.8. The molecule has 0 saturated carbocycles. The number of nitrogens with zero attached hydrogens (tertiary/aromatic N) is 2. The molecule has 49 heavy (non-hydrogen) atoms. The number of hydrogen-bond acceptors (Lipinski definition) is 4. The molecule has 0 atom stereocenters. The Balaban J connectivity index is 1.28. The zero-order chi connectivity index (χ0) is 34.1. The first kappa shape index (κ1) is 31.8. The maximum absolute atomic E-state index is 10.6. The number of hydrogen-bond donors (Lipinski definition) is 1. The lowest BCUT2D eigenvalue weighted by Crippen LogP contribution is -2.11. The molecular weight excluding hydrogens is 601 g/mol. The van der Waals surface area contributed by atoms with Gasteiger partial charge in [-0.05, 0) is 86.7 Å². The SMILES string of the molecule is CC(C)c1ccc(-c2ccc(-c3cc(-c4ccccc4)c4nc(-c5ccccc5N=Cc5cc(C(C)(C)C)ccc5O)oc4c3)cc2)cc1. The summed E-state index contributed by atoms with van der Waals surface area (Å²) in [6.45, 7) is 10.9. The van der Waals surface area contributed by atoms with E-state index in [0.29, 0.717) is 28.6 Å². The lowest BCUT2D eigenvalue weighted by Gasteiger charge is -2.19. The van der Waals surface area contributed by atoms with Crippen LogP contribution in [0.4, 0.5) is 5.69 Å². The third kappa shape index (κ3) is 6.68. The summed E-state index contributed by atoms with van der Waals surface area (Å²) in [4.78, 5) is 9.87. The Morgan fingerprint density at radius 2 is 1.29 bits per heavy atom. The van der Waals surface area contributed by atoms with E-state index < -0.39 is 0 Å². The fraction of sp³-hybridized carbons (Fsp3) is 0.156. The van der Waals surface area contributed by atoms with Crippen LogP contribution < -0.4 is 0 Å². The second-order valence-corrected chi connectivity index (χ2v) is 13.9. The highest BCUT2D eigenvalue weighted by Crippen LogP contribution is 2.39. The number of benzene rings is 6. The minimum Gasteiger partial charge on any atom is -0.507 e. The van der Waals surface area contributed by atoms with Crippen molar-refractivity contribution in [3.05, 3.63) is 150 Å². The highest BCUT2D eigenvalue weighted by molar-refractivity contribution is 5.97. The molecule has 7 rings (SSSR count). The fourth-order valence-electron chi connectivity index (χ4n) is 6.10. The van der Waals surface area contributed by atoms with Gasteiger partial charge in [0.05, 0.1) is 11.3 Å². The van der Waals surface area contributed by atoms with E-state index in [1.807, 2.05) is 54.6 Å². The molecule has 0 amide bonds. The number of rotatable bonds is 7. The molecule has 0 spiro atoms. The number of fused-ring (bicyclic) bond motifs is 1. The molecule has 7 aromatic rings. The second kappa shape index (κ2) is 13.0. The van der Waals surface area contributed by atoms with Crippen molar-refractivity contribution in [2.75, 3.05) is 0 Å². The number of oxazole rings is 1. The average molecular weight is 641 g/mol. The van der Waals surface area contributed by atoms with Gasteiger partial charge in [-0.2, -0.15) is 0 Å². The topological polar surface area (TPSA) is 58.6 Å². The lowest BCUT2D eigenvalue weighted by atomic mass is 9.86. The van der Waals surface area contributed by atoms with Gasteiger partial charge >= 0.3 is 0 Å². The molecule has 242 valence electrons. The van der Waals surface area contributed by atoms with Gasteiger partial charge in [-0.3, -0.25) is 4.99 Å². The van der Waals surface area contributed by atoms with Gasteiger partial charge in [-0.25, -0.2) is 4.98 Å². The smallest absolute Gasteiger partial charge is 0.229 e. The summed E-state index contributed by atoms with van der Waals surface area (Å²) in [6, 6.07) is 45.6. The molecule has 1 heterocycles. The highest BCUT2D eigenvalue weighted by atomic mass is 16.3. The molecule has 1 aromatic heterocycles. The molecule has 0 bridgehead atoms. The summed E-state index contributed by atoms with van der Waals surface area (Å²) in [7, 11) is 0. The third-order valence-electron chi connectivity index (χ3n) is 9.08. The number of para-hydroxylation sites is 1. The van der Waals surface area contributed by atoms with E-state index in [0.717, 1.165) is 38.9 Å². The van der Waals surface area contributed by atoms with Gasteiger partial charge in [0.25, 0.3) is 0 Å². The predicted molar refractivity (Wildman–Crippen MR) is 204 cm³/mol. The van der Waals surface area contributed by atoms with E-state index in [9.17, 15) is 5.11 Å². The van der Waals surface area contributed by atoms with Gasteiger partial charge in [0, 0.05) is 17.3 Å². The Labute approximate surface area is 288 Å². The fourth-order valence-corrected chi connectivity index (χ4v) is 6.10. The minimum absolute atomic E-state index is 0.0522. The molecule has 0 aliphatic rings. The Hall–Kier alpha value is -5.74. The molecule has 0 radical (unpaired) electrons. The van der Waals surface area contributed by atoms with Crippen LogP contribution in [0, 0.1) is 0 Å². The lowest BCUT2D eigenvalue weighted by molar-refractivity contribution is 0.473. The van der Waals surface area contributed by atoms with E-state index in [4.69, 9.17) is 14.4 Å². The van der Waals surface area contributed by atoms with Crippen LogP contribution >= 0.6 is 0 Å². The zero-order valence-corrected chi connectivity index (χ0v) is 28.6. The van der Waals surface area contributed by atoms with E-state index in [2.05, 4.69) is 107 Å². The Morgan fingerprint density at radius 1 is 0.653 bits per heavy atom. The van der Waals surface area contributed by atoms with Crippen LogP contribution in [0.15, 0.2) is 143 Å². The van der Waals surface area contributed by atoms with E-state index >= 15 is 0 Å². The van der Waals surface area contributed by atoms with Gasteiger partial charge in [-0.15, -0.1) is 0 Å². The van der Waals surface area contributed by atoms with Gasteiger partial charge in [0.1, 0.15) is 11.3 Å². The van der Waals surface area contributed by atoms with Crippen molar-refractivity contribution in [2.45, 2.75) is 46.0 Å². The van der Waals surface area contributed by atoms with Gasteiger partial charge in [0.15, 0.2) is 5.58 Å². The molecule has 0 unspecified atom stereocenters. The summed E-state index contributed by atoms with van der Waals surface area (Å²) in [5.41, 5.74) is 12.6. The molecule has 0 aliphatic carbocycles. The van der Waals surface area contributed by atoms with Crippen molar-refractivity contribution in [3.8, 4) is 50.6 Å². The predicted octanol–water partition coefficient (Wildman–Crippen LogP) is 12.4. The van der Waals surface area contributed by atoms with Crippen LogP contribution in [0.5, 0.6) is 5.75 Å². The maximum Gasteiger partial charge on any atom is 0.229 e. The zero-order valence-electron chi connectivity index (χ0n) is 28.6. The van der Waals surface area contributed by atoms with Crippen LogP contribution in [-0.4, -0.2) is 16.3 Å². The summed E-state index contributed by atoms with van der Waals surface area (Å²) < 4.78 is 6.55. The summed E-state index contributed by atoms with van der Waals surface area (Å²) in [5, 5.41) is 10.6. The van der Waals surface area contributed by atoms with Crippen molar-refractivity contribution < 1.29 is 9.52 Å². The first-order valence-corrected chi connectivity index (χ1v) is 16.8. The largest absolute Gasteiger partial charge is 0.507 e. The average Bonchev–Trinajstić information content (AvgIpc) is 3.55. The molecule has 0 fully saturated rings. The molecule has 4 heteroatoms. The minimum atomic E-state index is -0.0522. The van der Waals surface area contributed by atoms with Crippen LogP contribution in [0.25, 0.3) is 55.9 Å². The summed E-state index contributed by atoms with van der Waals surface area (Å²) in [6.07, 6.45) is 1.71. The molecule has 4 nitrogen and oxygen atoms in total. The van der Waals surface area contributed by atoms with Crippen LogP contribution in [0.2, 0.25) is 0 Å². The van der Waals surface area contributed by atoms with Crippen molar-refractivity contribution in [3.63, 3.8) is 0 Å². The van der Waals surface area contributed by atoms with Crippen molar-refractivity contribution in [1.29, 1.82) is 0 Å². The Bertz CT molecular complexity index is 2270. The molecule has 6 aromatic carbocycles. The number of aromatic nitrogens is 1. The maximum atomic E-state index is 10.6. The van der Waals surface area contributed by atoms with Crippen LogP contribution in [0.1, 0.15) is 57.2 Å². The van der Waals surface area contributed by atoms with E-state index in [-0.39, 0.29) is 11.2 Å². The Morgan fingerprint density at radius 3 is 1.96 bits per heavy atom. The monoisotopic (exact) mass is 640 g/mol. The Kier molecular flexibility index (Phi) is 8.48. The van der Waals surface area contributed by atoms with Crippen molar-refractivity contribution in [1.82, 2.24) is 4.98 Å². The van der Waals surface area contributed by atoms with Crippen LogP contribution in [0.3, 0.4) is 0 Å². The molecule has 0 saturated heterocycles.